The molecule has 1 aromatic carbocycles. The Bertz CT molecular complexity index is 769. The molecule has 1 heterocycles. The molecule has 6 nitrogen and oxygen atoms in total. The van der Waals surface area contributed by atoms with E-state index in [1.807, 2.05) is 37.4 Å². The molecule has 140 valence electrons. The Kier molecular flexibility index (Phi) is 6.85. The molecule has 0 fully saturated rings. The third-order valence-corrected chi connectivity index (χ3v) is 4.83. The normalized spacial score (nSPS) is 12.2. The number of rotatable bonds is 8. The summed E-state index contributed by atoms with van der Waals surface area (Å²) in [4.78, 5) is 25.0. The van der Waals surface area contributed by atoms with E-state index in [1.54, 1.807) is 22.6 Å². The van der Waals surface area contributed by atoms with E-state index in [0.717, 1.165) is 22.7 Å². The quantitative estimate of drug-likeness (QED) is 0.690. The van der Waals surface area contributed by atoms with E-state index in [4.69, 9.17) is 0 Å². The molecule has 0 aliphatic carbocycles. The summed E-state index contributed by atoms with van der Waals surface area (Å²) in [6.07, 6.45) is 3.34. The number of carbonyl (C=O) groups excluding carboxylic acids is 1. The Morgan fingerprint density at radius 2 is 1.92 bits per heavy atom. The summed E-state index contributed by atoms with van der Waals surface area (Å²) >= 11 is 1.61. The first-order valence-corrected chi connectivity index (χ1v) is 9.73. The monoisotopic (exact) mass is 375 g/mol. The highest BCUT2D eigenvalue weighted by Gasteiger charge is 2.21. The fourth-order valence-corrected chi connectivity index (χ4v) is 3.11. The van der Waals surface area contributed by atoms with Crippen LogP contribution in [0.25, 0.3) is 0 Å². The highest BCUT2D eigenvalue weighted by Crippen LogP contribution is 2.22. The van der Waals surface area contributed by atoms with Crippen LogP contribution in [0.15, 0.2) is 35.4 Å². The van der Waals surface area contributed by atoms with Crippen LogP contribution in [-0.4, -0.2) is 33.0 Å². The third-order valence-electron chi connectivity index (χ3n) is 4.09. The maximum Gasteiger partial charge on any atom is 0.305 e. The van der Waals surface area contributed by atoms with E-state index in [0.29, 0.717) is 11.5 Å². The second-order valence-electron chi connectivity index (χ2n) is 6.62. The number of nitrogens with one attached hydrogen (secondary N) is 1. The van der Waals surface area contributed by atoms with Crippen LogP contribution >= 0.6 is 11.8 Å². The lowest BCUT2D eigenvalue weighted by atomic mass is 10.0. The van der Waals surface area contributed by atoms with Gasteiger partial charge in [0.05, 0.1) is 24.2 Å². The molecule has 1 unspecified atom stereocenters. The lowest BCUT2D eigenvalue weighted by Crippen LogP contribution is -2.30. The summed E-state index contributed by atoms with van der Waals surface area (Å²) in [6, 6.07) is 6.97. The summed E-state index contributed by atoms with van der Waals surface area (Å²) < 4.78 is 1.80. The number of aromatic nitrogens is 2. The molecule has 2 aromatic rings. The average molecular weight is 375 g/mol. The van der Waals surface area contributed by atoms with E-state index >= 15 is 0 Å². The molecule has 0 saturated carbocycles. The first kappa shape index (κ1) is 20.0. The van der Waals surface area contributed by atoms with E-state index in [-0.39, 0.29) is 12.3 Å². The molecule has 2 N–H and O–H groups in total. The molecule has 0 saturated heterocycles. The Hall–Kier alpha value is -2.28. The number of nitrogens with zero attached hydrogens (tertiary/aromatic N) is 2. The number of carboxylic acids is 1. The van der Waals surface area contributed by atoms with Crippen LogP contribution in [0.1, 0.15) is 47.9 Å². The van der Waals surface area contributed by atoms with E-state index in [2.05, 4.69) is 24.3 Å². The van der Waals surface area contributed by atoms with Gasteiger partial charge >= 0.3 is 5.97 Å². The Morgan fingerprint density at radius 3 is 2.46 bits per heavy atom. The smallest absolute Gasteiger partial charge is 0.305 e. The number of hydrogen-bond donors (Lipinski definition) is 2. The van der Waals surface area contributed by atoms with Crippen molar-refractivity contribution in [3.05, 3.63) is 47.3 Å². The lowest BCUT2D eigenvalue weighted by Gasteiger charge is -2.18. The lowest BCUT2D eigenvalue weighted by molar-refractivity contribution is -0.137. The molecule has 1 aromatic heterocycles. The van der Waals surface area contributed by atoms with Gasteiger partial charge in [-0.05, 0) is 36.8 Å². The van der Waals surface area contributed by atoms with Crippen molar-refractivity contribution < 1.29 is 14.7 Å². The molecule has 2 rings (SSSR count). The van der Waals surface area contributed by atoms with Crippen molar-refractivity contribution in [3.63, 3.8) is 0 Å². The van der Waals surface area contributed by atoms with Crippen molar-refractivity contribution in [1.29, 1.82) is 0 Å². The van der Waals surface area contributed by atoms with Gasteiger partial charge in [-0.2, -0.15) is 5.10 Å². The first-order valence-electron chi connectivity index (χ1n) is 8.50. The van der Waals surface area contributed by atoms with E-state index < -0.39 is 12.0 Å². The van der Waals surface area contributed by atoms with Crippen LogP contribution in [0, 0.1) is 12.8 Å². The van der Waals surface area contributed by atoms with Crippen molar-refractivity contribution >= 4 is 23.6 Å². The van der Waals surface area contributed by atoms with Crippen molar-refractivity contribution in [2.45, 2.75) is 44.7 Å². The van der Waals surface area contributed by atoms with Gasteiger partial charge in [-0.1, -0.05) is 26.0 Å². The second kappa shape index (κ2) is 8.89. The number of amides is 1. The third kappa shape index (κ3) is 5.11. The number of hydrogen-bond acceptors (Lipinski definition) is 4. The summed E-state index contributed by atoms with van der Waals surface area (Å²) in [7, 11) is 0. The number of carbonyl (C=O) groups is 2. The van der Waals surface area contributed by atoms with Crippen LogP contribution in [0.5, 0.6) is 0 Å². The molecule has 0 radical (unpaired) electrons. The number of aliphatic carboxylic acids is 1. The molecular formula is C19H25N3O3S. The second-order valence-corrected chi connectivity index (χ2v) is 7.50. The van der Waals surface area contributed by atoms with Gasteiger partial charge in [-0.15, -0.1) is 11.8 Å². The molecule has 0 bridgehead atoms. The molecular weight excluding hydrogens is 350 g/mol. The van der Waals surface area contributed by atoms with Crippen molar-refractivity contribution in [2.24, 2.45) is 5.92 Å². The van der Waals surface area contributed by atoms with Gasteiger partial charge in [-0.25, -0.2) is 0 Å². The van der Waals surface area contributed by atoms with E-state index in [1.165, 1.54) is 0 Å². The Morgan fingerprint density at radius 1 is 1.27 bits per heavy atom. The zero-order chi connectivity index (χ0) is 19.3. The molecule has 26 heavy (non-hydrogen) atoms. The highest BCUT2D eigenvalue weighted by molar-refractivity contribution is 7.98. The molecule has 0 aliphatic rings. The largest absolute Gasteiger partial charge is 0.481 e. The van der Waals surface area contributed by atoms with Gasteiger partial charge in [-0.3, -0.25) is 14.3 Å². The predicted molar refractivity (Wildman–Crippen MR) is 102 cm³/mol. The maximum absolute atomic E-state index is 12.7. The minimum atomic E-state index is -0.962. The van der Waals surface area contributed by atoms with Gasteiger partial charge in [0.15, 0.2) is 0 Å². The summed E-state index contributed by atoms with van der Waals surface area (Å²) in [5.74, 6) is -0.853. The first-order chi connectivity index (χ1) is 12.3. The maximum atomic E-state index is 12.7. The minimum absolute atomic E-state index is 0.177. The van der Waals surface area contributed by atoms with Crippen LogP contribution in [0.2, 0.25) is 0 Å². The highest BCUT2D eigenvalue weighted by atomic mass is 32.2. The Balaban J connectivity index is 2.20. The fraction of sp³-hybridized carbons (Fsp3) is 0.421. The summed E-state index contributed by atoms with van der Waals surface area (Å²) in [6.45, 7) is 6.75. The number of thioether (sulfide) groups is 1. The van der Waals surface area contributed by atoms with Crippen LogP contribution in [-0.2, 0) is 11.3 Å². The van der Waals surface area contributed by atoms with Gasteiger partial charge in [0.25, 0.3) is 5.91 Å². The van der Waals surface area contributed by atoms with Crippen LogP contribution in [0.3, 0.4) is 0 Å². The number of carboxylic acid groups (broad SMARTS) is 1. The van der Waals surface area contributed by atoms with E-state index in [9.17, 15) is 14.7 Å². The fourth-order valence-electron chi connectivity index (χ4n) is 2.70. The zero-order valence-corrected chi connectivity index (χ0v) is 16.3. The van der Waals surface area contributed by atoms with Gasteiger partial charge in [0.2, 0.25) is 0 Å². The molecule has 7 heteroatoms. The topological polar surface area (TPSA) is 84.2 Å². The van der Waals surface area contributed by atoms with Crippen LogP contribution in [0.4, 0.5) is 0 Å². The predicted octanol–water partition coefficient (Wildman–Crippen LogP) is 3.52. The molecule has 1 atom stereocenters. The molecule has 0 aliphatic heterocycles. The van der Waals surface area contributed by atoms with Crippen molar-refractivity contribution in [3.8, 4) is 0 Å². The number of benzene rings is 1. The minimum Gasteiger partial charge on any atom is -0.481 e. The summed E-state index contributed by atoms with van der Waals surface area (Å²) in [5.41, 5.74) is 2.02. The van der Waals surface area contributed by atoms with Crippen molar-refractivity contribution in [2.75, 3.05) is 6.26 Å². The van der Waals surface area contributed by atoms with Crippen LogP contribution < -0.4 is 5.32 Å². The SMILES string of the molecule is CSc1ccc(C(CC(=O)O)NC(=O)c2cnn(CC(C)C)c2C)cc1. The van der Waals surface area contributed by atoms with Gasteiger partial charge in [0, 0.05) is 17.1 Å². The van der Waals surface area contributed by atoms with Gasteiger partial charge < -0.3 is 10.4 Å². The average Bonchev–Trinajstić information content (AvgIpc) is 2.94. The standard InChI is InChI=1S/C19H25N3O3S/c1-12(2)11-22-13(3)16(10-20-22)19(25)21-17(9-18(23)24)14-5-7-15(26-4)8-6-14/h5-8,10,12,17H,9,11H2,1-4H3,(H,21,25)(H,23,24). The molecule has 0 spiro atoms. The molecule has 1 amide bonds. The van der Waals surface area contributed by atoms with Crippen molar-refractivity contribution in [1.82, 2.24) is 15.1 Å². The zero-order valence-electron chi connectivity index (χ0n) is 15.5. The Labute approximate surface area is 158 Å². The summed E-state index contributed by atoms with van der Waals surface area (Å²) in [5, 5.41) is 16.3. The van der Waals surface area contributed by atoms with Gasteiger partial charge in [0.1, 0.15) is 0 Å².